The second kappa shape index (κ2) is 7.78. The van der Waals surface area contributed by atoms with Gasteiger partial charge in [-0.05, 0) is 36.6 Å². The highest BCUT2D eigenvalue weighted by atomic mass is 32.2. The molecule has 0 saturated heterocycles. The van der Waals surface area contributed by atoms with Gasteiger partial charge in [-0.15, -0.1) is 11.8 Å². The van der Waals surface area contributed by atoms with Crippen molar-refractivity contribution in [1.82, 2.24) is 0 Å². The molecule has 0 aliphatic rings. The van der Waals surface area contributed by atoms with Gasteiger partial charge in [0.15, 0.2) is 0 Å². The molecule has 0 fully saturated rings. The standard InChI is InChI=1S/C16H14FNO5S/c1-22-14-5-4-12(17)7-11(14)9-23-16(19)10-3-6-15(24-2)13(8-10)18(20)21/h3-8H,9H2,1-2H3. The molecule has 0 spiro atoms. The van der Waals surface area contributed by atoms with E-state index in [0.29, 0.717) is 16.2 Å². The Morgan fingerprint density at radius 3 is 2.67 bits per heavy atom. The molecule has 8 heteroatoms. The summed E-state index contributed by atoms with van der Waals surface area (Å²) in [5, 5.41) is 11.0. The molecule has 0 amide bonds. The largest absolute Gasteiger partial charge is 0.496 e. The van der Waals surface area contributed by atoms with E-state index in [1.165, 1.54) is 49.2 Å². The third-order valence-corrected chi connectivity index (χ3v) is 4.00. The maximum atomic E-state index is 13.3. The molecular weight excluding hydrogens is 337 g/mol. The smallest absolute Gasteiger partial charge is 0.338 e. The quantitative estimate of drug-likeness (QED) is 0.341. The zero-order valence-electron chi connectivity index (χ0n) is 12.9. The minimum atomic E-state index is -0.739. The number of carbonyl (C=O) groups excluding carboxylic acids is 1. The molecule has 6 nitrogen and oxygen atoms in total. The van der Waals surface area contributed by atoms with Crippen molar-refractivity contribution in [2.24, 2.45) is 0 Å². The van der Waals surface area contributed by atoms with Gasteiger partial charge >= 0.3 is 5.97 Å². The first-order chi connectivity index (χ1) is 11.5. The number of benzene rings is 2. The molecule has 0 aliphatic carbocycles. The first kappa shape index (κ1) is 17.7. The van der Waals surface area contributed by atoms with Crippen LogP contribution in [0.1, 0.15) is 15.9 Å². The Hall–Kier alpha value is -2.61. The molecule has 0 heterocycles. The molecule has 24 heavy (non-hydrogen) atoms. The molecule has 0 unspecified atom stereocenters. The summed E-state index contributed by atoms with van der Waals surface area (Å²) in [6.45, 7) is -0.210. The first-order valence-corrected chi connectivity index (χ1v) is 8.00. The number of carbonyl (C=O) groups is 1. The van der Waals surface area contributed by atoms with Crippen molar-refractivity contribution in [3.8, 4) is 5.75 Å². The summed E-state index contributed by atoms with van der Waals surface area (Å²) < 4.78 is 23.5. The van der Waals surface area contributed by atoms with Crippen molar-refractivity contribution in [3.63, 3.8) is 0 Å². The van der Waals surface area contributed by atoms with E-state index < -0.39 is 16.7 Å². The summed E-state index contributed by atoms with van der Waals surface area (Å²) >= 11 is 1.21. The van der Waals surface area contributed by atoms with Crippen LogP contribution in [0.5, 0.6) is 5.75 Å². The van der Waals surface area contributed by atoms with Crippen LogP contribution >= 0.6 is 11.8 Å². The molecule has 126 valence electrons. The van der Waals surface area contributed by atoms with Crippen LogP contribution in [-0.2, 0) is 11.3 Å². The number of hydrogen-bond acceptors (Lipinski definition) is 6. The van der Waals surface area contributed by atoms with Crippen LogP contribution in [0.25, 0.3) is 0 Å². The second-order valence-electron chi connectivity index (χ2n) is 4.68. The van der Waals surface area contributed by atoms with Crippen LogP contribution in [0.4, 0.5) is 10.1 Å². The Morgan fingerprint density at radius 2 is 2.04 bits per heavy atom. The lowest BCUT2D eigenvalue weighted by molar-refractivity contribution is -0.387. The number of esters is 1. The third kappa shape index (κ3) is 4.02. The van der Waals surface area contributed by atoms with Gasteiger partial charge in [0.1, 0.15) is 18.2 Å². The topological polar surface area (TPSA) is 78.7 Å². The molecule has 2 rings (SSSR count). The number of hydrogen-bond donors (Lipinski definition) is 0. The molecular formula is C16H14FNO5S. The van der Waals surface area contributed by atoms with E-state index in [0.717, 1.165) is 6.07 Å². The van der Waals surface area contributed by atoms with E-state index in [2.05, 4.69) is 0 Å². The van der Waals surface area contributed by atoms with Crippen molar-refractivity contribution in [3.05, 3.63) is 63.5 Å². The number of halogens is 1. The summed E-state index contributed by atoms with van der Waals surface area (Å²) in [6, 6.07) is 7.96. The fourth-order valence-corrected chi connectivity index (χ4v) is 2.59. The normalized spacial score (nSPS) is 10.3. The average Bonchev–Trinajstić information content (AvgIpc) is 2.59. The number of nitro benzene ring substituents is 1. The maximum Gasteiger partial charge on any atom is 0.338 e. The van der Waals surface area contributed by atoms with E-state index in [9.17, 15) is 19.3 Å². The number of nitro groups is 1. The molecule has 2 aromatic rings. The predicted octanol–water partition coefficient (Wildman–Crippen LogP) is 3.82. The van der Waals surface area contributed by atoms with E-state index in [4.69, 9.17) is 9.47 Å². The van der Waals surface area contributed by atoms with Gasteiger partial charge in [-0.1, -0.05) is 0 Å². The lowest BCUT2D eigenvalue weighted by atomic mass is 10.2. The van der Waals surface area contributed by atoms with Crippen molar-refractivity contribution in [1.29, 1.82) is 0 Å². The summed E-state index contributed by atoms with van der Waals surface area (Å²) in [5.74, 6) is -0.841. The summed E-state index contributed by atoms with van der Waals surface area (Å²) in [7, 11) is 1.42. The Labute approximate surface area is 141 Å². The molecule has 2 aromatic carbocycles. The number of nitrogens with zero attached hydrogens (tertiary/aromatic N) is 1. The fourth-order valence-electron chi connectivity index (χ4n) is 2.05. The number of thioether (sulfide) groups is 1. The van der Waals surface area contributed by atoms with Gasteiger partial charge in [0, 0.05) is 11.6 Å². The summed E-state index contributed by atoms with van der Waals surface area (Å²) in [4.78, 5) is 23.0. The lowest BCUT2D eigenvalue weighted by Crippen LogP contribution is -2.07. The van der Waals surface area contributed by atoms with Gasteiger partial charge in [0.05, 0.1) is 22.5 Å². The number of rotatable bonds is 6. The molecule has 0 saturated carbocycles. The Balaban J connectivity index is 2.17. The number of methoxy groups -OCH3 is 1. The van der Waals surface area contributed by atoms with Gasteiger partial charge < -0.3 is 9.47 Å². The molecule has 0 bridgehead atoms. The van der Waals surface area contributed by atoms with Crippen molar-refractivity contribution in [2.45, 2.75) is 11.5 Å². The van der Waals surface area contributed by atoms with E-state index >= 15 is 0 Å². The van der Waals surface area contributed by atoms with Crippen LogP contribution in [0, 0.1) is 15.9 Å². The van der Waals surface area contributed by atoms with Crippen LogP contribution in [0.2, 0.25) is 0 Å². The van der Waals surface area contributed by atoms with E-state index in [-0.39, 0.29) is 17.9 Å². The summed E-state index contributed by atoms with van der Waals surface area (Å²) in [5.41, 5.74) is 0.247. The van der Waals surface area contributed by atoms with E-state index in [1.54, 1.807) is 6.26 Å². The third-order valence-electron chi connectivity index (χ3n) is 3.21. The van der Waals surface area contributed by atoms with Crippen LogP contribution in [-0.4, -0.2) is 24.3 Å². The van der Waals surface area contributed by atoms with Gasteiger partial charge in [0.25, 0.3) is 5.69 Å². The summed E-state index contributed by atoms with van der Waals surface area (Å²) in [6.07, 6.45) is 1.70. The zero-order valence-corrected chi connectivity index (χ0v) is 13.8. The van der Waals surface area contributed by atoms with Gasteiger partial charge in [-0.2, -0.15) is 0 Å². The van der Waals surface area contributed by atoms with Crippen LogP contribution in [0.15, 0.2) is 41.3 Å². The highest BCUT2D eigenvalue weighted by Crippen LogP contribution is 2.29. The highest BCUT2D eigenvalue weighted by Gasteiger charge is 2.18. The predicted molar refractivity (Wildman–Crippen MR) is 86.9 cm³/mol. The second-order valence-corrected chi connectivity index (χ2v) is 5.52. The van der Waals surface area contributed by atoms with Crippen molar-refractivity contribution >= 4 is 23.4 Å². The maximum absolute atomic E-state index is 13.3. The minimum Gasteiger partial charge on any atom is -0.496 e. The highest BCUT2D eigenvalue weighted by molar-refractivity contribution is 7.98. The zero-order chi connectivity index (χ0) is 17.7. The molecule has 0 aromatic heterocycles. The molecule has 0 radical (unpaired) electrons. The molecule has 0 N–H and O–H groups in total. The van der Waals surface area contributed by atoms with Crippen molar-refractivity contribution < 1.29 is 23.6 Å². The van der Waals surface area contributed by atoms with Crippen LogP contribution in [0.3, 0.4) is 0 Å². The fraction of sp³-hybridized carbons (Fsp3) is 0.188. The lowest BCUT2D eigenvalue weighted by Gasteiger charge is -2.10. The SMILES string of the molecule is COc1ccc(F)cc1COC(=O)c1ccc(SC)c([N+](=O)[O-])c1. The minimum absolute atomic E-state index is 0.0508. The Bertz CT molecular complexity index is 781. The van der Waals surface area contributed by atoms with Crippen LogP contribution < -0.4 is 4.74 Å². The van der Waals surface area contributed by atoms with E-state index in [1.807, 2.05) is 0 Å². The van der Waals surface area contributed by atoms with Crippen molar-refractivity contribution in [2.75, 3.05) is 13.4 Å². The first-order valence-electron chi connectivity index (χ1n) is 6.78. The average molecular weight is 351 g/mol. The Kier molecular flexibility index (Phi) is 5.75. The number of ether oxygens (including phenoxy) is 2. The Morgan fingerprint density at radius 1 is 1.29 bits per heavy atom. The molecule has 0 atom stereocenters. The monoisotopic (exact) mass is 351 g/mol. The van der Waals surface area contributed by atoms with Gasteiger partial charge in [0.2, 0.25) is 0 Å². The van der Waals surface area contributed by atoms with Gasteiger partial charge in [-0.25, -0.2) is 9.18 Å². The van der Waals surface area contributed by atoms with Gasteiger partial charge in [-0.3, -0.25) is 10.1 Å². The molecule has 0 aliphatic heterocycles.